The van der Waals surface area contributed by atoms with E-state index in [-0.39, 0.29) is 24.9 Å². The van der Waals surface area contributed by atoms with Gasteiger partial charge in [-0.25, -0.2) is 0 Å². The van der Waals surface area contributed by atoms with Crippen molar-refractivity contribution >= 4 is 19.7 Å². The average Bonchev–Trinajstić information content (AvgIpc) is 3.35. The number of ether oxygens (including phenoxy) is 1. The van der Waals surface area contributed by atoms with Crippen LogP contribution in [0.15, 0.2) is 48.6 Å². The predicted octanol–water partition coefficient (Wildman–Crippen LogP) is 18.3. The summed E-state index contributed by atoms with van der Waals surface area (Å²) in [5.74, 6) is -0.555. The molecule has 0 bridgehead atoms. The summed E-state index contributed by atoms with van der Waals surface area (Å²) in [7, 11) is 1.18. The number of carbonyl (C=O) groups is 2. The van der Waals surface area contributed by atoms with Crippen LogP contribution in [0.3, 0.4) is 0 Å². The van der Waals surface area contributed by atoms with Gasteiger partial charge >= 0.3 is 5.97 Å². The Hall–Kier alpha value is -2.03. The van der Waals surface area contributed by atoms with E-state index < -0.39 is 26.6 Å². The molecule has 9 nitrogen and oxygen atoms in total. The maximum Gasteiger partial charge on any atom is 0.306 e. The number of quaternary nitrogens is 1. The molecule has 0 saturated heterocycles. The highest BCUT2D eigenvalue weighted by atomic mass is 31.2. The fourth-order valence-corrected chi connectivity index (χ4v) is 9.66. The first kappa shape index (κ1) is 71.0. The minimum Gasteiger partial charge on any atom is -0.756 e. The second-order valence-corrected chi connectivity index (χ2v) is 23.6. The van der Waals surface area contributed by atoms with Crippen molar-refractivity contribution in [3.63, 3.8) is 0 Å². The van der Waals surface area contributed by atoms with Gasteiger partial charge in [0.15, 0.2) is 0 Å². The Morgan fingerprint density at radius 2 is 0.836 bits per heavy atom. The first-order valence-electron chi connectivity index (χ1n) is 30.9. The molecule has 0 aromatic heterocycles. The summed E-state index contributed by atoms with van der Waals surface area (Å²) >= 11 is 0. The SMILES string of the molecule is CCCCC/C=C\C/C=C\C/C=C\CCCCCCC(=O)NC(COP(=O)([O-])OCC[N+](C)(C)C)C(/C=C/CCCCCCCCCCCCC)OC(=O)CCCCCCCCCCCCCCCCCCC. The highest BCUT2D eigenvalue weighted by Gasteiger charge is 2.27. The van der Waals surface area contributed by atoms with Crippen molar-refractivity contribution in [2.24, 2.45) is 0 Å². The molecular formula is C63H119N2O7P. The molecule has 0 aromatic rings. The predicted molar refractivity (Wildman–Crippen MR) is 312 cm³/mol. The van der Waals surface area contributed by atoms with Crippen LogP contribution in [0.25, 0.3) is 0 Å². The average molecular weight is 1050 g/mol. The standard InChI is InChI=1S/C63H119N2O7P/c1-7-10-13-16-19-22-25-28-30-32-34-37-40-43-46-49-52-55-62(66)64-60(59-71-73(68,69)70-58-57-65(4,5)6)61(54-51-48-45-42-39-36-27-24-21-18-15-12-9-3)72-63(67)56-53-50-47-44-41-38-35-33-31-29-26-23-20-17-14-11-8-2/h19,22,28,30,34,37,51,54,60-61H,7-18,20-21,23-27,29,31-33,35-36,38-50,52-53,55-59H2,1-6H3,(H-,64,66,68,69)/b22-19-,30-28-,37-34-,54-51+. The van der Waals surface area contributed by atoms with E-state index in [0.717, 1.165) is 77.0 Å². The first-order chi connectivity index (χ1) is 35.4. The monoisotopic (exact) mass is 1050 g/mol. The molecule has 428 valence electrons. The van der Waals surface area contributed by atoms with Crippen LogP contribution in [-0.2, 0) is 27.9 Å². The third-order valence-electron chi connectivity index (χ3n) is 13.8. The summed E-state index contributed by atoms with van der Waals surface area (Å²) < 4.78 is 30.3. The Labute approximate surface area is 452 Å². The highest BCUT2D eigenvalue weighted by molar-refractivity contribution is 7.45. The molecule has 0 aliphatic heterocycles. The van der Waals surface area contributed by atoms with Crippen LogP contribution in [0.4, 0.5) is 0 Å². The molecule has 10 heteroatoms. The van der Waals surface area contributed by atoms with Gasteiger partial charge in [-0.3, -0.25) is 14.2 Å². The van der Waals surface area contributed by atoms with E-state index in [1.165, 1.54) is 173 Å². The number of unbranched alkanes of at least 4 members (excludes halogenated alkanes) is 34. The van der Waals surface area contributed by atoms with Crippen LogP contribution in [0, 0.1) is 0 Å². The largest absolute Gasteiger partial charge is 0.756 e. The number of amides is 1. The van der Waals surface area contributed by atoms with E-state index in [2.05, 4.69) is 62.5 Å². The van der Waals surface area contributed by atoms with Gasteiger partial charge in [-0.05, 0) is 70.3 Å². The number of phosphoric acid groups is 1. The summed E-state index contributed by atoms with van der Waals surface area (Å²) in [6.45, 7) is 6.82. The van der Waals surface area contributed by atoms with Crippen molar-refractivity contribution in [3.05, 3.63) is 48.6 Å². The van der Waals surface area contributed by atoms with E-state index >= 15 is 0 Å². The lowest BCUT2D eigenvalue weighted by Crippen LogP contribution is -2.47. The van der Waals surface area contributed by atoms with Crippen LogP contribution in [-0.4, -0.2) is 69.4 Å². The second kappa shape index (κ2) is 53.4. The van der Waals surface area contributed by atoms with Crippen LogP contribution in [0.5, 0.6) is 0 Å². The van der Waals surface area contributed by atoms with Crippen LogP contribution >= 0.6 is 7.82 Å². The zero-order valence-corrected chi connectivity index (χ0v) is 49.7. The van der Waals surface area contributed by atoms with Crippen molar-refractivity contribution in [1.29, 1.82) is 0 Å². The molecule has 0 aromatic carbocycles. The number of nitrogens with zero attached hydrogens (tertiary/aromatic N) is 1. The zero-order valence-electron chi connectivity index (χ0n) is 48.8. The van der Waals surface area contributed by atoms with Crippen molar-refractivity contribution in [2.75, 3.05) is 40.9 Å². The number of rotatable bonds is 56. The quantitative estimate of drug-likeness (QED) is 0.0212. The fraction of sp³-hybridized carbons (Fsp3) is 0.841. The Morgan fingerprint density at radius 1 is 0.479 bits per heavy atom. The molecule has 0 spiro atoms. The summed E-state index contributed by atoms with van der Waals surface area (Å²) in [4.78, 5) is 40.0. The molecule has 0 heterocycles. The Morgan fingerprint density at radius 3 is 1.27 bits per heavy atom. The lowest BCUT2D eigenvalue weighted by Gasteiger charge is -2.30. The van der Waals surface area contributed by atoms with Gasteiger partial charge in [-0.2, -0.15) is 0 Å². The molecular weight excluding hydrogens is 928 g/mol. The van der Waals surface area contributed by atoms with Crippen LogP contribution < -0.4 is 10.2 Å². The number of phosphoric ester groups is 1. The number of esters is 1. The normalized spacial score (nSPS) is 14.0. The highest BCUT2D eigenvalue weighted by Crippen LogP contribution is 2.38. The summed E-state index contributed by atoms with van der Waals surface area (Å²) in [6, 6.07) is -0.897. The number of hydrogen-bond donors (Lipinski definition) is 1. The molecule has 3 atom stereocenters. The van der Waals surface area contributed by atoms with Gasteiger partial charge in [0.25, 0.3) is 7.82 Å². The Bertz CT molecular complexity index is 1390. The lowest BCUT2D eigenvalue weighted by molar-refractivity contribution is -0.870. The Kier molecular flexibility index (Phi) is 51.9. The summed E-state index contributed by atoms with van der Waals surface area (Å²) in [6.07, 6.45) is 65.0. The third kappa shape index (κ3) is 54.6. The maximum atomic E-state index is 13.5. The van der Waals surface area contributed by atoms with Gasteiger partial charge in [-0.15, -0.1) is 0 Å². The molecule has 73 heavy (non-hydrogen) atoms. The third-order valence-corrected chi connectivity index (χ3v) is 14.7. The minimum absolute atomic E-state index is 0.0259. The maximum absolute atomic E-state index is 13.5. The van der Waals surface area contributed by atoms with Crippen molar-refractivity contribution in [1.82, 2.24) is 5.32 Å². The van der Waals surface area contributed by atoms with Gasteiger partial charge in [0.05, 0.1) is 33.8 Å². The number of likely N-dealkylation sites (N-methyl/N-ethyl adjacent to an activating group) is 1. The topological polar surface area (TPSA) is 114 Å². The zero-order chi connectivity index (χ0) is 53.6. The van der Waals surface area contributed by atoms with Gasteiger partial charge in [-0.1, -0.05) is 256 Å². The van der Waals surface area contributed by atoms with Gasteiger partial charge in [0, 0.05) is 12.8 Å². The molecule has 0 aliphatic carbocycles. The molecule has 0 aliphatic rings. The minimum atomic E-state index is -4.70. The van der Waals surface area contributed by atoms with E-state index in [1.54, 1.807) is 0 Å². The number of hydrogen-bond acceptors (Lipinski definition) is 7. The summed E-state index contributed by atoms with van der Waals surface area (Å²) in [5, 5.41) is 3.02. The van der Waals surface area contributed by atoms with Crippen molar-refractivity contribution in [3.8, 4) is 0 Å². The number of allylic oxidation sites excluding steroid dienone is 7. The van der Waals surface area contributed by atoms with E-state index in [0.29, 0.717) is 23.9 Å². The van der Waals surface area contributed by atoms with E-state index in [9.17, 15) is 19.0 Å². The van der Waals surface area contributed by atoms with Crippen LogP contribution in [0.1, 0.15) is 290 Å². The van der Waals surface area contributed by atoms with E-state index in [1.807, 2.05) is 33.3 Å². The summed E-state index contributed by atoms with van der Waals surface area (Å²) in [5.41, 5.74) is 0. The smallest absolute Gasteiger partial charge is 0.306 e. The molecule has 1 N–H and O–H groups in total. The van der Waals surface area contributed by atoms with E-state index in [4.69, 9.17) is 13.8 Å². The van der Waals surface area contributed by atoms with Crippen molar-refractivity contribution in [2.45, 2.75) is 303 Å². The molecule has 0 radical (unpaired) electrons. The molecule has 0 rings (SSSR count). The fourth-order valence-electron chi connectivity index (χ4n) is 8.94. The first-order valence-corrected chi connectivity index (χ1v) is 32.4. The molecule has 1 amide bonds. The lowest BCUT2D eigenvalue weighted by atomic mass is 10.0. The second-order valence-electron chi connectivity index (χ2n) is 22.2. The van der Waals surface area contributed by atoms with Gasteiger partial charge < -0.3 is 28.5 Å². The Balaban J connectivity index is 5.33. The van der Waals surface area contributed by atoms with Gasteiger partial charge in [0.1, 0.15) is 19.3 Å². The molecule has 3 unspecified atom stereocenters. The van der Waals surface area contributed by atoms with Gasteiger partial charge in [0.2, 0.25) is 5.91 Å². The molecule has 0 saturated carbocycles. The number of nitrogens with one attached hydrogen (secondary N) is 1. The van der Waals surface area contributed by atoms with Crippen LogP contribution in [0.2, 0.25) is 0 Å². The number of carbonyl (C=O) groups excluding carboxylic acids is 2. The van der Waals surface area contributed by atoms with Crippen molar-refractivity contribution < 1.29 is 37.3 Å². The molecule has 0 fully saturated rings.